The van der Waals surface area contributed by atoms with E-state index in [9.17, 15) is 0 Å². The average molecular weight is 257 g/mol. The first kappa shape index (κ1) is 14.0. The Hall–Kier alpha value is -1.37. The molecule has 1 N–H and O–H groups in total. The standard InChI is InChI=1S/C16H23N3/c1-13-10-14(11-17)5-6-15(13)12-19(2)16-4-3-8-18-9-7-16/h5-6,10,16,18H,3-4,7-9,12H2,1-2H3. The van der Waals surface area contributed by atoms with Crippen molar-refractivity contribution < 1.29 is 0 Å². The van der Waals surface area contributed by atoms with Crippen molar-refractivity contribution in [2.24, 2.45) is 0 Å². The predicted molar refractivity (Wildman–Crippen MR) is 77.9 cm³/mol. The van der Waals surface area contributed by atoms with Crippen LogP contribution in [0.25, 0.3) is 0 Å². The van der Waals surface area contributed by atoms with Crippen LogP contribution in [0.1, 0.15) is 36.0 Å². The third kappa shape index (κ3) is 3.79. The molecule has 1 fully saturated rings. The second-order valence-corrected chi connectivity index (χ2v) is 5.50. The minimum atomic E-state index is 0.671. The molecule has 1 aliphatic rings. The molecule has 19 heavy (non-hydrogen) atoms. The Bertz CT molecular complexity index is 454. The molecule has 1 atom stereocenters. The Morgan fingerprint density at radius 2 is 2.21 bits per heavy atom. The molecule has 0 aliphatic carbocycles. The van der Waals surface area contributed by atoms with Crippen LogP contribution >= 0.6 is 0 Å². The van der Waals surface area contributed by atoms with Gasteiger partial charge in [-0.1, -0.05) is 6.07 Å². The maximum atomic E-state index is 8.90. The highest BCUT2D eigenvalue weighted by Gasteiger charge is 2.17. The van der Waals surface area contributed by atoms with Gasteiger partial charge in [0.15, 0.2) is 0 Å². The fourth-order valence-corrected chi connectivity index (χ4v) is 2.78. The molecule has 1 heterocycles. The minimum Gasteiger partial charge on any atom is -0.317 e. The van der Waals surface area contributed by atoms with Gasteiger partial charge in [-0.05, 0) is 69.6 Å². The lowest BCUT2D eigenvalue weighted by molar-refractivity contribution is 0.216. The quantitative estimate of drug-likeness (QED) is 0.904. The van der Waals surface area contributed by atoms with Gasteiger partial charge in [0, 0.05) is 12.6 Å². The number of benzene rings is 1. The van der Waals surface area contributed by atoms with Crippen molar-refractivity contribution in [1.82, 2.24) is 10.2 Å². The normalized spacial score (nSPS) is 20.0. The Morgan fingerprint density at radius 3 is 2.95 bits per heavy atom. The van der Waals surface area contributed by atoms with Crippen molar-refractivity contribution >= 4 is 0 Å². The van der Waals surface area contributed by atoms with Gasteiger partial charge in [-0.25, -0.2) is 0 Å². The molecule has 1 aromatic carbocycles. The second kappa shape index (κ2) is 6.70. The smallest absolute Gasteiger partial charge is 0.0991 e. The number of nitrogens with zero attached hydrogens (tertiary/aromatic N) is 2. The zero-order valence-corrected chi connectivity index (χ0v) is 11.9. The highest BCUT2D eigenvalue weighted by Crippen LogP contribution is 2.17. The predicted octanol–water partition coefficient (Wildman–Crippen LogP) is 2.44. The van der Waals surface area contributed by atoms with Gasteiger partial charge in [0.2, 0.25) is 0 Å². The molecular formula is C16H23N3. The van der Waals surface area contributed by atoms with Crippen molar-refractivity contribution in [2.45, 2.75) is 38.8 Å². The summed E-state index contributed by atoms with van der Waals surface area (Å²) in [6.07, 6.45) is 3.77. The molecule has 102 valence electrons. The first-order valence-corrected chi connectivity index (χ1v) is 7.11. The maximum Gasteiger partial charge on any atom is 0.0991 e. The Kier molecular flexibility index (Phi) is 4.95. The summed E-state index contributed by atoms with van der Waals surface area (Å²) < 4.78 is 0. The number of hydrogen-bond donors (Lipinski definition) is 1. The summed E-state index contributed by atoms with van der Waals surface area (Å²) in [4.78, 5) is 2.46. The maximum absolute atomic E-state index is 8.90. The SMILES string of the molecule is Cc1cc(C#N)ccc1CN(C)C1CCCNCC1. The van der Waals surface area contributed by atoms with E-state index in [1.165, 1.54) is 30.4 Å². The van der Waals surface area contributed by atoms with E-state index in [1.54, 1.807) is 0 Å². The van der Waals surface area contributed by atoms with E-state index in [4.69, 9.17) is 5.26 Å². The topological polar surface area (TPSA) is 39.1 Å². The fourth-order valence-electron chi connectivity index (χ4n) is 2.78. The van der Waals surface area contributed by atoms with Gasteiger partial charge in [0.05, 0.1) is 11.6 Å². The lowest BCUT2D eigenvalue weighted by Gasteiger charge is -2.27. The van der Waals surface area contributed by atoms with Crippen molar-refractivity contribution in [3.05, 3.63) is 34.9 Å². The molecule has 0 saturated carbocycles. The van der Waals surface area contributed by atoms with E-state index < -0.39 is 0 Å². The highest BCUT2D eigenvalue weighted by molar-refractivity contribution is 5.37. The fraction of sp³-hybridized carbons (Fsp3) is 0.562. The van der Waals surface area contributed by atoms with Crippen LogP contribution in [0, 0.1) is 18.3 Å². The lowest BCUT2D eigenvalue weighted by atomic mass is 10.0. The number of nitriles is 1. The average Bonchev–Trinajstić information content (AvgIpc) is 2.70. The summed E-state index contributed by atoms with van der Waals surface area (Å²) in [6.45, 7) is 5.35. The Labute approximate surface area is 116 Å². The molecule has 3 nitrogen and oxygen atoms in total. The molecule has 1 aliphatic heterocycles. The van der Waals surface area contributed by atoms with E-state index in [-0.39, 0.29) is 0 Å². The van der Waals surface area contributed by atoms with Gasteiger partial charge in [0.25, 0.3) is 0 Å². The summed E-state index contributed by atoms with van der Waals surface area (Å²) in [5, 5.41) is 12.4. The third-order valence-electron chi connectivity index (χ3n) is 4.06. The van der Waals surface area contributed by atoms with Crippen LogP contribution in [0.4, 0.5) is 0 Å². The highest BCUT2D eigenvalue weighted by atomic mass is 15.1. The summed E-state index contributed by atoms with van der Waals surface area (Å²) in [7, 11) is 2.22. The number of aryl methyl sites for hydroxylation is 1. The molecule has 2 rings (SSSR count). The van der Waals surface area contributed by atoms with Crippen LogP contribution in [0.3, 0.4) is 0 Å². The van der Waals surface area contributed by atoms with Crippen LogP contribution in [0.5, 0.6) is 0 Å². The number of hydrogen-bond acceptors (Lipinski definition) is 3. The van der Waals surface area contributed by atoms with Gasteiger partial charge in [-0.3, -0.25) is 4.90 Å². The zero-order valence-electron chi connectivity index (χ0n) is 11.9. The van der Waals surface area contributed by atoms with Crippen LogP contribution in [-0.4, -0.2) is 31.1 Å². The van der Waals surface area contributed by atoms with E-state index in [2.05, 4.69) is 36.3 Å². The summed E-state index contributed by atoms with van der Waals surface area (Å²) in [6, 6.07) is 8.87. The van der Waals surface area contributed by atoms with Crippen molar-refractivity contribution in [3.63, 3.8) is 0 Å². The Morgan fingerprint density at radius 1 is 1.37 bits per heavy atom. The molecule has 0 amide bonds. The van der Waals surface area contributed by atoms with Gasteiger partial charge in [0.1, 0.15) is 0 Å². The van der Waals surface area contributed by atoms with Crippen LogP contribution in [0.2, 0.25) is 0 Å². The number of nitrogens with one attached hydrogen (secondary N) is 1. The molecule has 1 saturated heterocycles. The lowest BCUT2D eigenvalue weighted by Crippen LogP contribution is -2.32. The minimum absolute atomic E-state index is 0.671. The first-order valence-electron chi connectivity index (χ1n) is 7.11. The molecular weight excluding hydrogens is 234 g/mol. The third-order valence-corrected chi connectivity index (χ3v) is 4.06. The summed E-state index contributed by atoms with van der Waals surface area (Å²) >= 11 is 0. The molecule has 1 aromatic rings. The zero-order chi connectivity index (χ0) is 13.7. The van der Waals surface area contributed by atoms with Crippen molar-refractivity contribution in [3.8, 4) is 6.07 Å². The Balaban J connectivity index is 2.01. The van der Waals surface area contributed by atoms with Crippen molar-refractivity contribution in [2.75, 3.05) is 20.1 Å². The van der Waals surface area contributed by atoms with Crippen LogP contribution in [0.15, 0.2) is 18.2 Å². The second-order valence-electron chi connectivity index (χ2n) is 5.50. The van der Waals surface area contributed by atoms with Gasteiger partial charge >= 0.3 is 0 Å². The number of rotatable bonds is 3. The van der Waals surface area contributed by atoms with E-state index >= 15 is 0 Å². The molecule has 1 unspecified atom stereocenters. The van der Waals surface area contributed by atoms with Gasteiger partial charge < -0.3 is 5.32 Å². The van der Waals surface area contributed by atoms with Gasteiger partial charge in [-0.2, -0.15) is 5.26 Å². The summed E-state index contributed by atoms with van der Waals surface area (Å²) in [5.74, 6) is 0. The molecule has 3 heteroatoms. The van der Waals surface area contributed by atoms with Crippen LogP contribution < -0.4 is 5.32 Å². The van der Waals surface area contributed by atoms with Crippen molar-refractivity contribution in [1.29, 1.82) is 5.26 Å². The summed E-state index contributed by atoms with van der Waals surface area (Å²) in [5.41, 5.74) is 3.30. The molecule has 0 aromatic heterocycles. The largest absolute Gasteiger partial charge is 0.317 e. The van der Waals surface area contributed by atoms with E-state index in [1.807, 2.05) is 12.1 Å². The van der Waals surface area contributed by atoms with E-state index in [0.717, 1.165) is 25.2 Å². The molecule has 0 radical (unpaired) electrons. The van der Waals surface area contributed by atoms with Crippen LogP contribution in [-0.2, 0) is 6.54 Å². The monoisotopic (exact) mass is 257 g/mol. The first-order chi connectivity index (χ1) is 9.20. The molecule has 0 bridgehead atoms. The van der Waals surface area contributed by atoms with E-state index in [0.29, 0.717) is 6.04 Å². The van der Waals surface area contributed by atoms with Gasteiger partial charge in [-0.15, -0.1) is 0 Å². The molecule has 0 spiro atoms.